The number of benzene rings is 4. The summed E-state index contributed by atoms with van der Waals surface area (Å²) >= 11 is 1.06. The predicted molar refractivity (Wildman–Crippen MR) is 155 cm³/mol. The van der Waals surface area contributed by atoms with Crippen LogP contribution in [0.5, 0.6) is 0 Å². The second-order valence-corrected chi connectivity index (χ2v) is 9.67. The maximum Gasteiger partial charge on any atom is 0.0927 e. The maximum atomic E-state index is 8.19. The van der Waals surface area contributed by atoms with Gasteiger partial charge in [0, 0.05) is 44.8 Å². The van der Waals surface area contributed by atoms with Crippen molar-refractivity contribution in [1.29, 1.82) is 0 Å². The van der Waals surface area contributed by atoms with Crippen molar-refractivity contribution in [2.75, 3.05) is 0 Å². The van der Waals surface area contributed by atoms with E-state index in [1.54, 1.807) is 0 Å². The van der Waals surface area contributed by atoms with Gasteiger partial charge < -0.3 is 29.9 Å². The topological polar surface area (TPSA) is 123 Å². The van der Waals surface area contributed by atoms with Crippen LogP contribution in [-0.4, -0.2) is 29.9 Å². The van der Waals surface area contributed by atoms with Crippen LogP contribution in [0.25, 0.3) is 89.7 Å². The van der Waals surface area contributed by atoms with Crippen LogP contribution in [0.1, 0.15) is 0 Å². The van der Waals surface area contributed by atoms with Gasteiger partial charge in [0.25, 0.3) is 0 Å². The third-order valence-corrected chi connectivity index (χ3v) is 7.33. The molecule has 5 heterocycles. The SMILES string of the molecule is [O]=[V+2].c1ccc2c(c1)-c1nc-2nc2[n-]c(nc3nc(nc4[n-]c(n1)c1ccccc41)-c1ccccc1-3)c1ccccc21. The molecule has 42 heavy (non-hydrogen) atoms. The molecule has 2 aliphatic rings. The smallest absolute Gasteiger partial charge is 0.0927 e. The summed E-state index contributed by atoms with van der Waals surface area (Å²) < 4.78 is 8.19. The molecule has 3 aromatic heterocycles. The first kappa shape index (κ1) is 24.4. The van der Waals surface area contributed by atoms with Gasteiger partial charge in [-0.15, -0.1) is 0 Å². The molecule has 0 atom stereocenters. The Morgan fingerprint density at radius 1 is 0.357 bits per heavy atom. The van der Waals surface area contributed by atoms with E-state index < -0.39 is 0 Å². The quantitative estimate of drug-likeness (QED) is 0.213. The molecule has 7 aromatic rings. The van der Waals surface area contributed by atoms with E-state index >= 15 is 0 Å². The number of fused-ring (bicyclic) bond motifs is 20. The Kier molecular flexibility index (Phi) is 5.60. The van der Waals surface area contributed by atoms with Crippen molar-refractivity contribution in [1.82, 2.24) is 39.9 Å². The van der Waals surface area contributed by atoms with Crippen LogP contribution >= 0.6 is 0 Å². The summed E-state index contributed by atoms with van der Waals surface area (Å²) in [5.74, 6) is 2.21. The standard InChI is InChI=1S/C32H16N8.O.V/c1-2-10-18-17(9-1)25-33-26(18)38-28-21-13-5-6-14-22(21)30(35-28)40-32-24-16-8-7-15-23(24)31(36-32)39-29-20-12-4-3-11-19(20)27(34-29)37-25;;/h1-16H;;/q-2;;+2. The monoisotopic (exact) mass is 579 g/mol. The number of hydrogen-bond donors (Lipinski definition) is 0. The van der Waals surface area contributed by atoms with E-state index in [1.165, 1.54) is 0 Å². The van der Waals surface area contributed by atoms with Crippen LogP contribution in [0.2, 0.25) is 0 Å². The Labute approximate surface area is 247 Å². The molecule has 8 bridgehead atoms. The van der Waals surface area contributed by atoms with Crippen molar-refractivity contribution in [2.24, 2.45) is 0 Å². The molecule has 9 nitrogen and oxygen atoms in total. The average molecular weight is 579 g/mol. The minimum Gasteiger partial charge on any atom is -0.357 e. The van der Waals surface area contributed by atoms with Gasteiger partial charge in [-0.3, -0.25) is 0 Å². The third kappa shape index (κ3) is 3.72. The molecule has 4 aromatic carbocycles. The van der Waals surface area contributed by atoms with Gasteiger partial charge in [0.2, 0.25) is 0 Å². The molecule has 9 rings (SSSR count). The van der Waals surface area contributed by atoms with Crippen LogP contribution in [0, 0.1) is 0 Å². The second kappa shape index (κ2) is 9.62. The van der Waals surface area contributed by atoms with E-state index in [-0.39, 0.29) is 0 Å². The zero-order valence-electron chi connectivity index (χ0n) is 21.7. The first-order valence-electron chi connectivity index (χ1n) is 13.1. The Bertz CT molecular complexity index is 2060. The first-order valence-corrected chi connectivity index (χ1v) is 13.6. The normalized spacial score (nSPS) is 11.6. The summed E-state index contributed by atoms with van der Waals surface area (Å²) in [5.41, 5.74) is 5.78. The Morgan fingerprint density at radius 3 is 0.857 bits per heavy atom. The maximum absolute atomic E-state index is 8.19. The molecule has 10 heteroatoms. The number of nitrogens with zero attached hydrogens (tertiary/aromatic N) is 8. The van der Waals surface area contributed by atoms with Crippen molar-refractivity contribution in [3.8, 4) is 45.6 Å². The molecule has 0 spiro atoms. The van der Waals surface area contributed by atoms with Gasteiger partial charge in [-0.05, 0) is 21.5 Å². The van der Waals surface area contributed by atoms with Gasteiger partial charge in [0.15, 0.2) is 0 Å². The van der Waals surface area contributed by atoms with E-state index in [9.17, 15) is 0 Å². The van der Waals surface area contributed by atoms with E-state index in [1.807, 2.05) is 97.1 Å². The summed E-state index contributed by atoms with van der Waals surface area (Å²) in [4.78, 5) is 39.3. The molecule has 0 unspecified atom stereocenters. The fraction of sp³-hybridized carbons (Fsp3) is 0. The zero-order chi connectivity index (χ0) is 28.2. The molecule has 0 N–H and O–H groups in total. The Morgan fingerprint density at radius 2 is 0.595 bits per heavy atom. The minimum atomic E-state index is 0.552. The van der Waals surface area contributed by atoms with E-state index in [2.05, 4.69) is 0 Å². The summed E-state index contributed by atoms with van der Waals surface area (Å²) in [6.07, 6.45) is 0. The van der Waals surface area contributed by atoms with Crippen LogP contribution in [-0.2, 0) is 21.0 Å². The third-order valence-electron chi connectivity index (χ3n) is 7.33. The fourth-order valence-electron chi connectivity index (χ4n) is 5.46. The second-order valence-electron chi connectivity index (χ2n) is 9.67. The van der Waals surface area contributed by atoms with E-state index in [0.717, 1.165) is 61.2 Å². The van der Waals surface area contributed by atoms with Gasteiger partial charge >= 0.3 is 21.0 Å². The molecule has 0 fully saturated rings. The van der Waals surface area contributed by atoms with E-state index in [0.29, 0.717) is 45.9 Å². The molecule has 2 aliphatic heterocycles. The van der Waals surface area contributed by atoms with Crippen molar-refractivity contribution in [3.63, 3.8) is 0 Å². The largest absolute Gasteiger partial charge is 0.357 e. The van der Waals surface area contributed by atoms with Crippen LogP contribution in [0.15, 0.2) is 97.1 Å². The molecule has 0 amide bonds. The summed E-state index contributed by atoms with van der Waals surface area (Å²) in [5, 5.41) is 3.57. The van der Waals surface area contributed by atoms with Crippen molar-refractivity contribution in [3.05, 3.63) is 97.1 Å². The molecular weight excluding hydrogens is 563 g/mol. The van der Waals surface area contributed by atoms with Crippen LogP contribution in [0.3, 0.4) is 0 Å². The minimum absolute atomic E-state index is 0.552. The molecule has 0 saturated heterocycles. The predicted octanol–water partition coefficient (Wildman–Crippen LogP) is 6.01. The van der Waals surface area contributed by atoms with E-state index in [4.69, 9.17) is 43.5 Å². The van der Waals surface area contributed by atoms with Crippen molar-refractivity contribution >= 4 is 44.1 Å². The van der Waals surface area contributed by atoms with Crippen LogP contribution < -0.4 is 9.97 Å². The molecule has 195 valence electrons. The summed E-state index contributed by atoms with van der Waals surface area (Å²) in [7, 11) is 0. The van der Waals surface area contributed by atoms with Crippen molar-refractivity contribution < 1.29 is 21.0 Å². The van der Waals surface area contributed by atoms with Gasteiger partial charge in [-0.2, -0.15) is 0 Å². The first-order chi connectivity index (χ1) is 20.8. The van der Waals surface area contributed by atoms with Gasteiger partial charge in [-0.25, -0.2) is 9.97 Å². The Hall–Kier alpha value is -5.38. The fourth-order valence-corrected chi connectivity index (χ4v) is 5.46. The summed E-state index contributed by atoms with van der Waals surface area (Å²) in [6, 6.07) is 31.8. The van der Waals surface area contributed by atoms with Gasteiger partial charge in [0.05, 0.1) is 23.3 Å². The van der Waals surface area contributed by atoms with Gasteiger partial charge in [0.1, 0.15) is 0 Å². The van der Waals surface area contributed by atoms with Crippen LogP contribution in [0.4, 0.5) is 0 Å². The number of rotatable bonds is 0. The van der Waals surface area contributed by atoms with Gasteiger partial charge in [-0.1, -0.05) is 97.1 Å². The summed E-state index contributed by atoms with van der Waals surface area (Å²) in [6.45, 7) is 0. The molecule has 0 saturated carbocycles. The average Bonchev–Trinajstić information content (AvgIpc) is 3.78. The molecular formula is C32H16N8OV. The molecule has 0 aliphatic carbocycles. The number of aromatic nitrogens is 8. The molecule has 0 radical (unpaired) electrons. The van der Waals surface area contributed by atoms with Crippen molar-refractivity contribution in [2.45, 2.75) is 0 Å². The Balaban J connectivity index is 0.00000131. The number of hydrogen-bond acceptors (Lipinski definition) is 7. The zero-order valence-corrected chi connectivity index (χ0v) is 23.1.